The maximum atomic E-state index is 13.4. The van der Waals surface area contributed by atoms with Gasteiger partial charge in [-0.15, -0.1) is 10.2 Å². The standard InChI is InChI=1S/C33H35N6O5/c1-5-34-31(42)30-36-35-29(26-18-25(20(2)3)27(40)19-28(26)41)39(30)24-12-10-23(11-13-24)33(44)38-16-14-37(15-17-38)32(43)22-8-6-21(4)7-9-22/h6-13,18-20,40-41H,4-5,14-17H2,1-3H3,(H,34,42). The largest absolute Gasteiger partial charge is 0.508 e. The summed E-state index contributed by atoms with van der Waals surface area (Å²) >= 11 is 0. The summed E-state index contributed by atoms with van der Waals surface area (Å²) in [5.41, 5.74) is 3.28. The average molecular weight is 596 g/mol. The van der Waals surface area contributed by atoms with E-state index in [0.717, 1.165) is 5.56 Å². The van der Waals surface area contributed by atoms with Crippen molar-refractivity contribution in [1.29, 1.82) is 0 Å². The Morgan fingerprint density at radius 2 is 1.39 bits per heavy atom. The van der Waals surface area contributed by atoms with Crippen molar-refractivity contribution in [3.63, 3.8) is 0 Å². The molecule has 1 aromatic heterocycles. The molecule has 3 amide bonds. The number of hydrogen-bond donors (Lipinski definition) is 3. The monoisotopic (exact) mass is 595 g/mol. The maximum Gasteiger partial charge on any atom is 0.289 e. The molecule has 227 valence electrons. The van der Waals surface area contributed by atoms with E-state index in [1.165, 1.54) is 10.6 Å². The van der Waals surface area contributed by atoms with Crippen LogP contribution in [-0.4, -0.2) is 85.2 Å². The Labute approximate surface area is 255 Å². The van der Waals surface area contributed by atoms with E-state index in [1.54, 1.807) is 71.3 Å². The third-order valence-electron chi connectivity index (χ3n) is 7.64. The number of piperazine rings is 1. The molecule has 0 bridgehead atoms. The van der Waals surface area contributed by atoms with E-state index >= 15 is 0 Å². The van der Waals surface area contributed by atoms with Gasteiger partial charge in [-0.1, -0.05) is 26.0 Å². The molecule has 3 N–H and O–H groups in total. The Morgan fingerprint density at radius 1 is 0.841 bits per heavy atom. The molecule has 0 spiro atoms. The maximum absolute atomic E-state index is 13.4. The van der Waals surface area contributed by atoms with E-state index in [4.69, 9.17) is 0 Å². The third kappa shape index (κ3) is 5.98. The number of nitrogens with zero attached hydrogens (tertiary/aromatic N) is 5. The van der Waals surface area contributed by atoms with Crippen molar-refractivity contribution in [2.24, 2.45) is 0 Å². The second-order valence-corrected chi connectivity index (χ2v) is 11.0. The number of amides is 3. The van der Waals surface area contributed by atoms with Crippen LogP contribution in [0.5, 0.6) is 11.5 Å². The second-order valence-electron chi connectivity index (χ2n) is 11.0. The number of phenolic OH excluding ortho intramolecular Hbond substituents is 2. The summed E-state index contributed by atoms with van der Waals surface area (Å²) in [7, 11) is 0. The summed E-state index contributed by atoms with van der Waals surface area (Å²) in [4.78, 5) is 42.6. The van der Waals surface area contributed by atoms with E-state index in [2.05, 4.69) is 22.4 Å². The second kappa shape index (κ2) is 12.6. The number of carbonyl (C=O) groups excluding carboxylic acids is 3. The SMILES string of the molecule is [CH2]c1ccc(C(=O)N2CCN(C(=O)c3ccc(-n4c(C(=O)NCC)nnc4-c4cc(C(C)C)c(O)cc4O)cc3)CC2)cc1. The number of hydrogen-bond acceptors (Lipinski definition) is 7. The summed E-state index contributed by atoms with van der Waals surface area (Å²) < 4.78 is 1.51. The lowest BCUT2D eigenvalue weighted by atomic mass is 9.98. The van der Waals surface area contributed by atoms with Gasteiger partial charge in [0.1, 0.15) is 11.5 Å². The molecule has 4 aromatic rings. The highest BCUT2D eigenvalue weighted by Crippen LogP contribution is 2.38. The molecular weight excluding hydrogens is 560 g/mol. The normalized spacial score (nSPS) is 13.3. The average Bonchev–Trinajstić information content (AvgIpc) is 3.46. The lowest BCUT2D eigenvalue weighted by Gasteiger charge is -2.35. The third-order valence-corrected chi connectivity index (χ3v) is 7.64. The van der Waals surface area contributed by atoms with Crippen molar-refractivity contribution in [3.05, 3.63) is 95.7 Å². The fourth-order valence-electron chi connectivity index (χ4n) is 5.20. The van der Waals surface area contributed by atoms with Crippen molar-refractivity contribution < 1.29 is 24.6 Å². The predicted molar refractivity (Wildman–Crippen MR) is 165 cm³/mol. The van der Waals surface area contributed by atoms with Crippen LogP contribution in [0, 0.1) is 6.92 Å². The molecule has 0 aliphatic carbocycles. The van der Waals surface area contributed by atoms with E-state index in [9.17, 15) is 24.6 Å². The molecule has 1 aliphatic heterocycles. The highest BCUT2D eigenvalue weighted by molar-refractivity contribution is 5.96. The first-order chi connectivity index (χ1) is 21.1. The molecule has 44 heavy (non-hydrogen) atoms. The number of benzene rings is 3. The van der Waals surface area contributed by atoms with Crippen molar-refractivity contribution >= 4 is 17.7 Å². The van der Waals surface area contributed by atoms with Crippen LogP contribution in [0.2, 0.25) is 0 Å². The molecule has 0 atom stereocenters. The molecule has 0 unspecified atom stereocenters. The van der Waals surface area contributed by atoms with Gasteiger partial charge in [0.2, 0.25) is 5.82 Å². The van der Waals surface area contributed by atoms with Crippen LogP contribution < -0.4 is 5.32 Å². The first kappa shape index (κ1) is 30.3. The molecular formula is C33H35N6O5. The van der Waals surface area contributed by atoms with Crippen molar-refractivity contribution in [2.45, 2.75) is 26.7 Å². The minimum atomic E-state index is -0.455. The zero-order chi connectivity index (χ0) is 31.5. The predicted octanol–water partition coefficient (Wildman–Crippen LogP) is 4.00. The minimum Gasteiger partial charge on any atom is -0.508 e. The van der Waals surface area contributed by atoms with Crippen LogP contribution in [0.3, 0.4) is 0 Å². The molecule has 2 heterocycles. The van der Waals surface area contributed by atoms with Crippen LogP contribution in [0.4, 0.5) is 0 Å². The van der Waals surface area contributed by atoms with Crippen molar-refractivity contribution in [1.82, 2.24) is 29.9 Å². The summed E-state index contributed by atoms with van der Waals surface area (Å²) in [6, 6.07) is 16.7. The van der Waals surface area contributed by atoms with Crippen molar-refractivity contribution in [2.75, 3.05) is 32.7 Å². The van der Waals surface area contributed by atoms with Crippen LogP contribution in [0.1, 0.15) is 69.2 Å². The van der Waals surface area contributed by atoms with Gasteiger partial charge >= 0.3 is 0 Å². The molecule has 0 saturated carbocycles. The zero-order valence-corrected chi connectivity index (χ0v) is 24.9. The Kier molecular flexibility index (Phi) is 8.66. The Balaban J connectivity index is 1.39. The fourth-order valence-corrected chi connectivity index (χ4v) is 5.20. The first-order valence-electron chi connectivity index (χ1n) is 14.5. The quantitative estimate of drug-likeness (QED) is 0.293. The summed E-state index contributed by atoms with van der Waals surface area (Å²) in [6.45, 7) is 11.5. The molecule has 5 rings (SSSR count). The lowest BCUT2D eigenvalue weighted by molar-refractivity contribution is 0.0535. The van der Waals surface area contributed by atoms with E-state index in [-0.39, 0.29) is 40.9 Å². The van der Waals surface area contributed by atoms with Crippen LogP contribution in [0.15, 0.2) is 60.7 Å². The fraction of sp³-hybridized carbons (Fsp3) is 0.273. The van der Waals surface area contributed by atoms with Gasteiger partial charge in [-0.05, 0) is 73.4 Å². The number of aromatic nitrogens is 3. The number of phenols is 2. The van der Waals surface area contributed by atoms with E-state index in [1.807, 2.05) is 13.8 Å². The minimum absolute atomic E-state index is 0.00475. The summed E-state index contributed by atoms with van der Waals surface area (Å²) in [6.07, 6.45) is 0. The highest BCUT2D eigenvalue weighted by atomic mass is 16.3. The van der Waals surface area contributed by atoms with Gasteiger partial charge in [0, 0.05) is 55.6 Å². The Morgan fingerprint density at radius 3 is 1.91 bits per heavy atom. The van der Waals surface area contributed by atoms with Crippen LogP contribution >= 0.6 is 0 Å². The topological polar surface area (TPSA) is 141 Å². The van der Waals surface area contributed by atoms with Crippen molar-refractivity contribution in [3.8, 4) is 28.6 Å². The number of carbonyl (C=O) groups is 3. The molecule has 1 radical (unpaired) electrons. The summed E-state index contributed by atoms with van der Waals surface area (Å²) in [5.74, 6) is -0.795. The molecule has 11 heteroatoms. The Hall–Kier alpha value is -5.19. The first-order valence-corrected chi connectivity index (χ1v) is 14.5. The number of aromatic hydroxyl groups is 2. The highest BCUT2D eigenvalue weighted by Gasteiger charge is 2.27. The van der Waals surface area contributed by atoms with E-state index < -0.39 is 5.91 Å². The van der Waals surface area contributed by atoms with Gasteiger partial charge in [0.05, 0.1) is 5.56 Å². The van der Waals surface area contributed by atoms with Crippen LogP contribution in [-0.2, 0) is 0 Å². The van der Waals surface area contributed by atoms with Gasteiger partial charge in [0.15, 0.2) is 5.82 Å². The van der Waals surface area contributed by atoms with E-state index in [0.29, 0.717) is 60.7 Å². The van der Waals surface area contributed by atoms with Gasteiger partial charge in [-0.25, -0.2) is 0 Å². The number of nitrogens with one attached hydrogen (secondary N) is 1. The van der Waals surface area contributed by atoms with Gasteiger partial charge in [0.25, 0.3) is 17.7 Å². The Bertz CT molecular complexity index is 1690. The molecule has 1 fully saturated rings. The van der Waals surface area contributed by atoms with Gasteiger partial charge in [-0.3, -0.25) is 19.0 Å². The van der Waals surface area contributed by atoms with Gasteiger partial charge in [-0.2, -0.15) is 0 Å². The molecule has 1 saturated heterocycles. The van der Waals surface area contributed by atoms with Crippen LogP contribution in [0.25, 0.3) is 17.1 Å². The number of rotatable bonds is 7. The zero-order valence-electron chi connectivity index (χ0n) is 24.9. The smallest absolute Gasteiger partial charge is 0.289 e. The lowest BCUT2D eigenvalue weighted by Crippen LogP contribution is -2.50. The molecule has 11 nitrogen and oxygen atoms in total. The van der Waals surface area contributed by atoms with Gasteiger partial charge < -0.3 is 25.3 Å². The molecule has 1 aliphatic rings. The molecule has 3 aromatic carbocycles. The summed E-state index contributed by atoms with van der Waals surface area (Å²) in [5, 5.41) is 32.2.